The number of hydrogen-bond donors (Lipinski definition) is 1. The van der Waals surface area contributed by atoms with Crippen molar-refractivity contribution in [2.45, 2.75) is 19.8 Å². The van der Waals surface area contributed by atoms with Gasteiger partial charge in [0, 0.05) is 41.2 Å². The van der Waals surface area contributed by atoms with Crippen LogP contribution in [0.15, 0.2) is 35.1 Å². The second kappa shape index (κ2) is 8.59. The molecule has 162 valence electrons. The third kappa shape index (κ3) is 3.97. The number of methoxy groups -OCH3 is 2. The molecule has 0 aliphatic carbocycles. The molecule has 1 aromatic heterocycles. The van der Waals surface area contributed by atoms with Gasteiger partial charge in [0.1, 0.15) is 0 Å². The van der Waals surface area contributed by atoms with Gasteiger partial charge < -0.3 is 19.4 Å². The van der Waals surface area contributed by atoms with Gasteiger partial charge in [-0.05, 0) is 44.0 Å². The van der Waals surface area contributed by atoms with Gasteiger partial charge in [-0.1, -0.05) is 11.6 Å². The van der Waals surface area contributed by atoms with Crippen LogP contribution in [-0.4, -0.2) is 43.1 Å². The van der Waals surface area contributed by atoms with E-state index < -0.39 is 0 Å². The van der Waals surface area contributed by atoms with E-state index in [1.807, 2.05) is 11.8 Å². The predicted octanol–water partition coefficient (Wildman–Crippen LogP) is 4.00. The molecule has 1 saturated heterocycles. The smallest absolute Gasteiger partial charge is 0.282 e. The Balaban J connectivity index is 1.57. The molecule has 7 nitrogen and oxygen atoms in total. The zero-order chi connectivity index (χ0) is 22.1. The first-order valence-corrected chi connectivity index (χ1v) is 10.5. The molecule has 2 heterocycles. The van der Waals surface area contributed by atoms with Crippen LogP contribution in [0.3, 0.4) is 0 Å². The van der Waals surface area contributed by atoms with Crippen molar-refractivity contribution < 1.29 is 14.3 Å². The number of aromatic nitrogens is 2. The van der Waals surface area contributed by atoms with Crippen LogP contribution in [0.2, 0.25) is 5.02 Å². The van der Waals surface area contributed by atoms with E-state index in [4.69, 9.17) is 21.1 Å². The van der Waals surface area contributed by atoms with Crippen LogP contribution in [-0.2, 0) is 0 Å². The molecule has 3 aromatic rings. The number of ketones is 1. The Hall–Kier alpha value is -3.06. The molecule has 0 radical (unpaired) electrons. The Kier molecular flexibility index (Phi) is 5.87. The molecule has 1 aliphatic rings. The quantitative estimate of drug-likeness (QED) is 0.602. The number of nitrogens with one attached hydrogen (secondary N) is 1. The van der Waals surface area contributed by atoms with E-state index in [-0.39, 0.29) is 17.3 Å². The van der Waals surface area contributed by atoms with Crippen LogP contribution in [0.5, 0.6) is 11.5 Å². The van der Waals surface area contributed by atoms with E-state index in [9.17, 15) is 9.59 Å². The van der Waals surface area contributed by atoms with Crippen molar-refractivity contribution in [2.75, 3.05) is 32.2 Å². The lowest BCUT2D eigenvalue weighted by Crippen LogP contribution is -2.38. The Morgan fingerprint density at radius 1 is 1.16 bits per heavy atom. The number of ether oxygens (including phenoxy) is 2. The summed E-state index contributed by atoms with van der Waals surface area (Å²) in [4.78, 5) is 35.1. The van der Waals surface area contributed by atoms with Gasteiger partial charge in [0.05, 0.1) is 25.1 Å². The molecule has 2 aromatic carbocycles. The normalized spacial score (nSPS) is 14.6. The molecule has 0 unspecified atom stereocenters. The molecule has 0 amide bonds. The fourth-order valence-corrected chi connectivity index (χ4v) is 4.33. The van der Waals surface area contributed by atoms with Crippen molar-refractivity contribution in [1.82, 2.24) is 9.97 Å². The van der Waals surface area contributed by atoms with E-state index in [0.29, 0.717) is 70.4 Å². The van der Waals surface area contributed by atoms with Gasteiger partial charge in [-0.15, -0.1) is 0 Å². The molecule has 4 rings (SSSR count). The molecule has 0 atom stereocenters. The van der Waals surface area contributed by atoms with Crippen LogP contribution in [0.4, 0.5) is 5.95 Å². The first-order valence-electron chi connectivity index (χ1n) is 10.1. The number of aromatic amines is 1. The van der Waals surface area contributed by atoms with E-state index in [1.165, 1.54) is 0 Å². The second-order valence-corrected chi connectivity index (χ2v) is 8.09. The van der Waals surface area contributed by atoms with Crippen LogP contribution in [0.1, 0.15) is 28.8 Å². The van der Waals surface area contributed by atoms with Crippen molar-refractivity contribution in [1.29, 1.82) is 0 Å². The van der Waals surface area contributed by atoms with E-state index in [2.05, 4.69) is 9.97 Å². The second-order valence-electron chi connectivity index (χ2n) is 7.66. The zero-order valence-electron chi connectivity index (χ0n) is 17.7. The summed E-state index contributed by atoms with van der Waals surface area (Å²) in [5, 5.41) is 1.09. The Morgan fingerprint density at radius 3 is 2.45 bits per heavy atom. The van der Waals surface area contributed by atoms with Gasteiger partial charge in [-0.2, -0.15) is 4.98 Å². The summed E-state index contributed by atoms with van der Waals surface area (Å²) in [6.07, 6.45) is 1.38. The number of anilines is 1. The molecular formula is C23H24ClN3O4. The van der Waals surface area contributed by atoms with Gasteiger partial charge in [0.15, 0.2) is 17.3 Å². The highest BCUT2D eigenvalue weighted by Crippen LogP contribution is 2.35. The number of Topliss-reactive ketones (excluding diaryl/α,β-unsaturated/α-hetero) is 1. The summed E-state index contributed by atoms with van der Waals surface area (Å²) in [6, 6.07) is 8.76. The van der Waals surface area contributed by atoms with E-state index in [0.717, 1.165) is 0 Å². The molecule has 0 bridgehead atoms. The van der Waals surface area contributed by atoms with E-state index in [1.54, 1.807) is 44.6 Å². The van der Waals surface area contributed by atoms with Gasteiger partial charge in [0.2, 0.25) is 5.95 Å². The van der Waals surface area contributed by atoms with Crippen molar-refractivity contribution in [3.63, 3.8) is 0 Å². The number of carbonyl (C=O) groups is 1. The SMILES string of the molecule is COc1cc2[nH]c(N3CCC(C(=O)c4ccc(Cl)cc4)CC3)nc(=O)c2c(C)c1OC. The number of benzene rings is 2. The lowest BCUT2D eigenvalue weighted by Gasteiger charge is -2.31. The molecular weight excluding hydrogens is 418 g/mol. The fraction of sp³-hybridized carbons (Fsp3) is 0.348. The maximum Gasteiger partial charge on any atom is 0.282 e. The minimum atomic E-state index is -0.318. The lowest BCUT2D eigenvalue weighted by molar-refractivity contribution is 0.0900. The number of nitrogens with zero attached hydrogens (tertiary/aromatic N) is 2. The topological polar surface area (TPSA) is 84.5 Å². The van der Waals surface area contributed by atoms with Crippen molar-refractivity contribution in [2.24, 2.45) is 5.92 Å². The maximum absolute atomic E-state index is 12.8. The molecule has 0 spiro atoms. The zero-order valence-corrected chi connectivity index (χ0v) is 18.5. The summed E-state index contributed by atoms with van der Waals surface area (Å²) in [5.41, 5.74) is 1.69. The maximum atomic E-state index is 12.8. The Bertz CT molecular complexity index is 1180. The third-order valence-electron chi connectivity index (χ3n) is 5.87. The first kappa shape index (κ1) is 21.2. The van der Waals surface area contributed by atoms with Crippen LogP contribution in [0.25, 0.3) is 10.9 Å². The highest BCUT2D eigenvalue weighted by Gasteiger charge is 2.27. The van der Waals surface area contributed by atoms with Gasteiger partial charge in [-0.3, -0.25) is 9.59 Å². The van der Waals surface area contributed by atoms with Crippen LogP contribution < -0.4 is 19.9 Å². The summed E-state index contributed by atoms with van der Waals surface area (Å²) in [7, 11) is 3.11. The molecule has 0 saturated carbocycles. The number of fused-ring (bicyclic) bond motifs is 1. The standard InChI is InChI=1S/C23H24ClN3O4/c1-13-19-17(12-18(30-2)21(13)31-3)25-23(26-22(19)29)27-10-8-15(9-11-27)20(28)14-4-6-16(24)7-5-14/h4-7,12,15H,8-11H2,1-3H3,(H,25,26,29). The van der Waals surface area contributed by atoms with Crippen molar-refractivity contribution >= 4 is 34.2 Å². The van der Waals surface area contributed by atoms with Gasteiger partial charge in [0.25, 0.3) is 5.56 Å². The number of rotatable bonds is 5. The van der Waals surface area contributed by atoms with Crippen molar-refractivity contribution in [3.05, 3.63) is 56.8 Å². The third-order valence-corrected chi connectivity index (χ3v) is 6.12. The van der Waals surface area contributed by atoms with Crippen LogP contribution in [0, 0.1) is 12.8 Å². The predicted molar refractivity (Wildman–Crippen MR) is 121 cm³/mol. The number of hydrogen-bond acceptors (Lipinski definition) is 6. The minimum absolute atomic E-state index is 0.0591. The van der Waals surface area contributed by atoms with Crippen molar-refractivity contribution in [3.8, 4) is 11.5 Å². The summed E-state index contributed by atoms with van der Waals surface area (Å²) in [6.45, 7) is 3.07. The molecule has 1 fully saturated rings. The Labute approximate surface area is 185 Å². The van der Waals surface area contributed by atoms with Gasteiger partial charge >= 0.3 is 0 Å². The average molecular weight is 442 g/mol. The van der Waals surface area contributed by atoms with Crippen LogP contribution >= 0.6 is 11.6 Å². The first-order chi connectivity index (χ1) is 14.9. The highest BCUT2D eigenvalue weighted by molar-refractivity contribution is 6.30. The highest BCUT2D eigenvalue weighted by atomic mass is 35.5. The minimum Gasteiger partial charge on any atom is -0.493 e. The lowest BCUT2D eigenvalue weighted by atomic mass is 9.89. The van der Waals surface area contributed by atoms with E-state index >= 15 is 0 Å². The number of piperidine rings is 1. The Morgan fingerprint density at radius 2 is 1.84 bits per heavy atom. The monoisotopic (exact) mass is 441 g/mol. The molecule has 1 N–H and O–H groups in total. The average Bonchev–Trinajstić information content (AvgIpc) is 2.78. The molecule has 31 heavy (non-hydrogen) atoms. The number of aryl methyl sites for hydroxylation is 1. The fourth-order valence-electron chi connectivity index (χ4n) is 4.20. The summed E-state index contributed by atoms with van der Waals surface area (Å²) >= 11 is 5.92. The van der Waals surface area contributed by atoms with Gasteiger partial charge in [-0.25, -0.2) is 0 Å². The number of H-pyrrole nitrogens is 1. The number of halogens is 1. The number of carbonyl (C=O) groups excluding carboxylic acids is 1. The summed E-state index contributed by atoms with van der Waals surface area (Å²) in [5.74, 6) is 1.64. The summed E-state index contributed by atoms with van der Waals surface area (Å²) < 4.78 is 10.8. The molecule has 1 aliphatic heterocycles. The largest absolute Gasteiger partial charge is 0.493 e. The molecule has 8 heteroatoms.